The Balaban J connectivity index is 2.02. The van der Waals surface area contributed by atoms with Gasteiger partial charge in [0.05, 0.1) is 17.3 Å². The van der Waals surface area contributed by atoms with E-state index in [2.05, 4.69) is 11.1 Å². The van der Waals surface area contributed by atoms with Crippen LogP contribution in [0.5, 0.6) is 0 Å². The predicted molar refractivity (Wildman–Crippen MR) is 77.4 cm³/mol. The summed E-state index contributed by atoms with van der Waals surface area (Å²) in [6.45, 7) is 1.62. The third kappa shape index (κ3) is 2.25. The summed E-state index contributed by atoms with van der Waals surface area (Å²) in [4.78, 5) is 15.7. The van der Waals surface area contributed by atoms with Gasteiger partial charge in [-0.15, -0.1) is 0 Å². The Kier molecular flexibility index (Phi) is 3.14. The number of hydrogen-bond donors (Lipinski definition) is 0. The SMILES string of the molecule is CC(=O)CCc1ccc2nc(-c3ccco3)n(C)c2c1. The van der Waals surface area contributed by atoms with Gasteiger partial charge in [0.2, 0.25) is 0 Å². The molecule has 102 valence electrons. The molecule has 2 aromatic heterocycles. The molecule has 3 rings (SSSR count). The van der Waals surface area contributed by atoms with Crippen LogP contribution in [0.15, 0.2) is 41.0 Å². The van der Waals surface area contributed by atoms with Gasteiger partial charge in [0.1, 0.15) is 5.78 Å². The fourth-order valence-electron chi connectivity index (χ4n) is 2.34. The lowest BCUT2D eigenvalue weighted by Gasteiger charge is -2.02. The van der Waals surface area contributed by atoms with Gasteiger partial charge in [-0.3, -0.25) is 0 Å². The van der Waals surface area contributed by atoms with Crippen LogP contribution in [-0.4, -0.2) is 15.3 Å². The number of hydrogen-bond acceptors (Lipinski definition) is 3. The minimum absolute atomic E-state index is 0.214. The largest absolute Gasteiger partial charge is 0.461 e. The molecular formula is C16H16N2O2. The van der Waals surface area contributed by atoms with Gasteiger partial charge in [0, 0.05) is 13.5 Å². The van der Waals surface area contributed by atoms with Crippen molar-refractivity contribution in [2.75, 3.05) is 0 Å². The number of aryl methyl sites for hydroxylation is 2. The highest BCUT2D eigenvalue weighted by Gasteiger charge is 2.12. The molecule has 0 aliphatic carbocycles. The Morgan fingerprint density at radius 3 is 2.90 bits per heavy atom. The first-order valence-corrected chi connectivity index (χ1v) is 6.64. The second-order valence-electron chi connectivity index (χ2n) is 5.00. The second kappa shape index (κ2) is 4.96. The zero-order valence-electron chi connectivity index (χ0n) is 11.6. The molecule has 0 saturated carbocycles. The Morgan fingerprint density at radius 2 is 2.20 bits per heavy atom. The molecule has 4 heteroatoms. The summed E-state index contributed by atoms with van der Waals surface area (Å²) < 4.78 is 7.43. The van der Waals surface area contributed by atoms with Crippen LogP contribution in [0.2, 0.25) is 0 Å². The Morgan fingerprint density at radius 1 is 1.35 bits per heavy atom. The summed E-state index contributed by atoms with van der Waals surface area (Å²) in [6.07, 6.45) is 2.99. The topological polar surface area (TPSA) is 48.0 Å². The van der Waals surface area contributed by atoms with E-state index in [1.807, 2.05) is 35.9 Å². The number of benzene rings is 1. The Hall–Kier alpha value is -2.36. The maximum absolute atomic E-state index is 11.1. The van der Waals surface area contributed by atoms with E-state index in [0.717, 1.165) is 34.6 Å². The number of furan rings is 1. The standard InChI is InChI=1S/C16H16N2O2/c1-11(19)5-6-12-7-8-13-14(10-12)18(2)16(17-13)15-4-3-9-20-15/h3-4,7-10H,5-6H2,1-2H3. The molecule has 0 radical (unpaired) electrons. The number of carbonyl (C=O) groups excluding carboxylic acids is 1. The number of ketones is 1. The van der Waals surface area contributed by atoms with Gasteiger partial charge in [0.25, 0.3) is 0 Å². The van der Waals surface area contributed by atoms with E-state index in [-0.39, 0.29) is 5.78 Å². The fourth-order valence-corrected chi connectivity index (χ4v) is 2.34. The van der Waals surface area contributed by atoms with E-state index < -0.39 is 0 Å². The van der Waals surface area contributed by atoms with Crippen LogP contribution < -0.4 is 0 Å². The van der Waals surface area contributed by atoms with Crippen molar-refractivity contribution in [1.29, 1.82) is 0 Å². The van der Waals surface area contributed by atoms with Crippen molar-refractivity contribution in [3.63, 3.8) is 0 Å². The van der Waals surface area contributed by atoms with E-state index in [1.165, 1.54) is 0 Å². The molecule has 3 aromatic rings. The monoisotopic (exact) mass is 268 g/mol. The number of fused-ring (bicyclic) bond motifs is 1. The van der Waals surface area contributed by atoms with Crippen molar-refractivity contribution in [1.82, 2.24) is 9.55 Å². The lowest BCUT2D eigenvalue weighted by atomic mass is 10.1. The summed E-state index contributed by atoms with van der Waals surface area (Å²) in [5, 5.41) is 0. The van der Waals surface area contributed by atoms with Crippen LogP contribution in [0.3, 0.4) is 0 Å². The van der Waals surface area contributed by atoms with Gasteiger partial charge in [-0.1, -0.05) is 6.07 Å². The maximum atomic E-state index is 11.1. The summed E-state index contributed by atoms with van der Waals surface area (Å²) in [5.41, 5.74) is 3.14. The summed E-state index contributed by atoms with van der Waals surface area (Å²) in [5.74, 6) is 1.79. The van der Waals surface area contributed by atoms with Crippen LogP contribution in [0.1, 0.15) is 18.9 Å². The average Bonchev–Trinajstić information content (AvgIpc) is 3.05. The Labute approximate surface area is 117 Å². The zero-order valence-corrected chi connectivity index (χ0v) is 11.6. The third-order valence-electron chi connectivity index (χ3n) is 3.45. The number of rotatable bonds is 4. The second-order valence-corrected chi connectivity index (χ2v) is 5.00. The summed E-state index contributed by atoms with van der Waals surface area (Å²) in [6, 6.07) is 9.88. The number of carbonyl (C=O) groups is 1. The van der Waals surface area contributed by atoms with E-state index >= 15 is 0 Å². The molecule has 20 heavy (non-hydrogen) atoms. The van der Waals surface area contributed by atoms with Crippen LogP contribution in [0, 0.1) is 0 Å². The van der Waals surface area contributed by atoms with Crippen LogP contribution in [-0.2, 0) is 18.3 Å². The number of aromatic nitrogens is 2. The molecule has 0 aliphatic rings. The lowest BCUT2D eigenvalue weighted by Crippen LogP contribution is -1.95. The lowest BCUT2D eigenvalue weighted by molar-refractivity contribution is -0.116. The van der Waals surface area contributed by atoms with Gasteiger partial charge >= 0.3 is 0 Å². The van der Waals surface area contributed by atoms with E-state index in [1.54, 1.807) is 13.2 Å². The third-order valence-corrected chi connectivity index (χ3v) is 3.45. The van der Waals surface area contributed by atoms with Crippen molar-refractivity contribution in [2.45, 2.75) is 19.8 Å². The summed E-state index contributed by atoms with van der Waals surface area (Å²) >= 11 is 0. The minimum atomic E-state index is 0.214. The molecule has 0 amide bonds. The molecule has 2 heterocycles. The maximum Gasteiger partial charge on any atom is 0.176 e. The highest BCUT2D eigenvalue weighted by Crippen LogP contribution is 2.25. The molecule has 1 aromatic carbocycles. The quantitative estimate of drug-likeness (QED) is 0.729. The Bertz CT molecular complexity index is 754. The van der Waals surface area contributed by atoms with Crippen molar-refractivity contribution < 1.29 is 9.21 Å². The molecular weight excluding hydrogens is 252 g/mol. The normalized spacial score (nSPS) is 11.1. The minimum Gasteiger partial charge on any atom is -0.461 e. The highest BCUT2D eigenvalue weighted by molar-refractivity contribution is 5.81. The fraction of sp³-hybridized carbons (Fsp3) is 0.250. The highest BCUT2D eigenvalue weighted by atomic mass is 16.3. The summed E-state index contributed by atoms with van der Waals surface area (Å²) in [7, 11) is 1.97. The number of nitrogens with zero attached hydrogens (tertiary/aromatic N) is 2. The van der Waals surface area contributed by atoms with Gasteiger partial charge in [-0.05, 0) is 43.2 Å². The van der Waals surface area contributed by atoms with Gasteiger partial charge in [-0.2, -0.15) is 0 Å². The van der Waals surface area contributed by atoms with Crippen LogP contribution >= 0.6 is 0 Å². The predicted octanol–water partition coefficient (Wildman–Crippen LogP) is 3.35. The molecule has 0 unspecified atom stereocenters. The molecule has 0 aliphatic heterocycles. The van der Waals surface area contributed by atoms with Crippen molar-refractivity contribution in [2.24, 2.45) is 7.05 Å². The van der Waals surface area contributed by atoms with E-state index in [0.29, 0.717) is 6.42 Å². The first-order valence-electron chi connectivity index (χ1n) is 6.64. The molecule has 0 spiro atoms. The molecule has 0 fully saturated rings. The van der Waals surface area contributed by atoms with E-state index in [4.69, 9.17) is 4.42 Å². The van der Waals surface area contributed by atoms with Gasteiger partial charge in [0.15, 0.2) is 11.6 Å². The molecule has 0 atom stereocenters. The molecule has 4 nitrogen and oxygen atoms in total. The first kappa shape index (κ1) is 12.7. The van der Waals surface area contributed by atoms with Crippen LogP contribution in [0.25, 0.3) is 22.6 Å². The van der Waals surface area contributed by atoms with Gasteiger partial charge in [-0.25, -0.2) is 4.98 Å². The average molecular weight is 268 g/mol. The zero-order chi connectivity index (χ0) is 14.1. The van der Waals surface area contributed by atoms with Gasteiger partial charge < -0.3 is 13.8 Å². The van der Waals surface area contributed by atoms with Crippen molar-refractivity contribution in [3.05, 3.63) is 42.2 Å². The van der Waals surface area contributed by atoms with Crippen LogP contribution in [0.4, 0.5) is 0 Å². The first-order chi connectivity index (χ1) is 9.65. The molecule has 0 N–H and O–H groups in total. The smallest absolute Gasteiger partial charge is 0.176 e. The number of imidazole rings is 1. The molecule has 0 saturated heterocycles. The number of Topliss-reactive ketones (excluding diaryl/α,β-unsaturated/α-hetero) is 1. The molecule has 0 bridgehead atoms. The van der Waals surface area contributed by atoms with Crippen molar-refractivity contribution in [3.8, 4) is 11.6 Å². The van der Waals surface area contributed by atoms with E-state index in [9.17, 15) is 4.79 Å². The van der Waals surface area contributed by atoms with Crippen molar-refractivity contribution >= 4 is 16.8 Å².